The van der Waals surface area contributed by atoms with Crippen molar-refractivity contribution in [3.8, 4) is 17.7 Å². The van der Waals surface area contributed by atoms with Crippen LogP contribution in [0.3, 0.4) is 0 Å². The first kappa shape index (κ1) is 7.49. The van der Waals surface area contributed by atoms with Crippen LogP contribution < -0.4 is 10.5 Å². The average molecular weight is 147 g/mol. The fraction of sp³-hybridized carbons (Fsp3) is 0.111. The minimum Gasteiger partial charge on any atom is -0.497 e. The highest BCUT2D eigenvalue weighted by atomic mass is 16.5. The van der Waals surface area contributed by atoms with Crippen molar-refractivity contribution in [1.82, 2.24) is 0 Å². The second kappa shape index (κ2) is 3.52. The molecule has 0 radical (unpaired) electrons. The third kappa shape index (κ3) is 1.91. The van der Waals surface area contributed by atoms with Crippen molar-refractivity contribution >= 4 is 0 Å². The van der Waals surface area contributed by atoms with Gasteiger partial charge in [0.2, 0.25) is 0 Å². The van der Waals surface area contributed by atoms with Crippen molar-refractivity contribution in [3.63, 3.8) is 0 Å². The third-order valence-electron chi connectivity index (χ3n) is 1.31. The zero-order chi connectivity index (χ0) is 8.10. The summed E-state index contributed by atoms with van der Waals surface area (Å²) < 4.78 is 4.97. The summed E-state index contributed by atoms with van der Waals surface area (Å²) in [4.78, 5) is 0. The van der Waals surface area contributed by atoms with E-state index in [1.54, 1.807) is 7.11 Å². The molecule has 1 aromatic carbocycles. The van der Waals surface area contributed by atoms with Gasteiger partial charge in [-0.3, -0.25) is 0 Å². The van der Waals surface area contributed by atoms with Gasteiger partial charge in [-0.15, -0.1) is 0 Å². The van der Waals surface area contributed by atoms with Gasteiger partial charge in [-0.05, 0) is 30.2 Å². The first-order valence-electron chi connectivity index (χ1n) is 3.22. The number of nitrogens with two attached hydrogens (primary N) is 1. The highest BCUT2D eigenvalue weighted by Gasteiger charge is 1.88. The highest BCUT2D eigenvalue weighted by molar-refractivity contribution is 5.37. The van der Waals surface area contributed by atoms with E-state index in [2.05, 4.69) is 12.0 Å². The van der Waals surface area contributed by atoms with Crippen LogP contribution in [0, 0.1) is 12.0 Å². The summed E-state index contributed by atoms with van der Waals surface area (Å²) in [6, 6.07) is 9.74. The van der Waals surface area contributed by atoms with E-state index in [1.165, 1.54) is 0 Å². The maximum absolute atomic E-state index is 5.04. The lowest BCUT2D eigenvalue weighted by Gasteiger charge is -1.96. The van der Waals surface area contributed by atoms with Gasteiger partial charge in [0.1, 0.15) is 5.75 Å². The molecule has 0 atom stereocenters. The van der Waals surface area contributed by atoms with Crippen molar-refractivity contribution in [1.29, 1.82) is 0 Å². The van der Waals surface area contributed by atoms with Crippen LogP contribution in [0.5, 0.6) is 5.75 Å². The summed E-state index contributed by atoms with van der Waals surface area (Å²) in [7, 11) is 1.63. The fourth-order valence-electron chi connectivity index (χ4n) is 0.758. The molecule has 0 bridgehead atoms. The molecular weight excluding hydrogens is 138 g/mol. The zero-order valence-electron chi connectivity index (χ0n) is 6.29. The molecule has 0 saturated carbocycles. The standard InChI is InChI=1S/C9H9NO/c1-11-9-4-2-8(3-5-9)6-7-10/h2-5H,10H2,1H3. The Kier molecular flexibility index (Phi) is 2.40. The van der Waals surface area contributed by atoms with E-state index in [4.69, 9.17) is 10.5 Å². The van der Waals surface area contributed by atoms with Crippen LogP contribution in [0.4, 0.5) is 0 Å². The molecule has 0 aliphatic carbocycles. The van der Waals surface area contributed by atoms with Gasteiger partial charge in [0.05, 0.1) is 7.11 Å². The van der Waals surface area contributed by atoms with Crippen molar-refractivity contribution < 1.29 is 4.74 Å². The lowest BCUT2D eigenvalue weighted by atomic mass is 10.2. The molecule has 1 rings (SSSR count). The van der Waals surface area contributed by atoms with Crippen molar-refractivity contribution in [2.45, 2.75) is 0 Å². The van der Waals surface area contributed by atoms with Crippen molar-refractivity contribution in [2.24, 2.45) is 5.73 Å². The molecule has 0 amide bonds. The van der Waals surface area contributed by atoms with Gasteiger partial charge in [0, 0.05) is 11.6 Å². The van der Waals surface area contributed by atoms with E-state index >= 15 is 0 Å². The summed E-state index contributed by atoms with van der Waals surface area (Å²) >= 11 is 0. The molecular formula is C9H9NO. The van der Waals surface area contributed by atoms with Gasteiger partial charge >= 0.3 is 0 Å². The predicted molar refractivity (Wildman–Crippen MR) is 44.1 cm³/mol. The fourth-order valence-corrected chi connectivity index (χ4v) is 0.758. The number of hydrogen-bond donors (Lipinski definition) is 1. The van der Waals surface area contributed by atoms with Gasteiger partial charge in [0.15, 0.2) is 0 Å². The van der Waals surface area contributed by atoms with Gasteiger partial charge in [-0.2, -0.15) is 0 Å². The van der Waals surface area contributed by atoms with E-state index in [0.717, 1.165) is 11.3 Å². The smallest absolute Gasteiger partial charge is 0.118 e. The van der Waals surface area contributed by atoms with Crippen molar-refractivity contribution in [2.75, 3.05) is 7.11 Å². The number of methoxy groups -OCH3 is 1. The largest absolute Gasteiger partial charge is 0.497 e. The number of ether oxygens (including phenoxy) is 1. The summed E-state index contributed by atoms with van der Waals surface area (Å²) in [6.45, 7) is 0. The van der Waals surface area contributed by atoms with E-state index in [-0.39, 0.29) is 0 Å². The van der Waals surface area contributed by atoms with Crippen LogP contribution in [0.15, 0.2) is 24.3 Å². The van der Waals surface area contributed by atoms with E-state index in [1.807, 2.05) is 24.3 Å². The van der Waals surface area contributed by atoms with Gasteiger partial charge < -0.3 is 10.5 Å². The molecule has 1 aromatic rings. The predicted octanol–water partition coefficient (Wildman–Crippen LogP) is 0.963. The molecule has 0 aliphatic rings. The SMILES string of the molecule is COc1ccc(C#CN)cc1. The monoisotopic (exact) mass is 147 g/mol. The third-order valence-corrected chi connectivity index (χ3v) is 1.31. The topological polar surface area (TPSA) is 35.2 Å². The molecule has 2 nitrogen and oxygen atoms in total. The summed E-state index contributed by atoms with van der Waals surface area (Å²) in [6.07, 6.45) is 0. The molecule has 0 aromatic heterocycles. The lowest BCUT2D eigenvalue weighted by molar-refractivity contribution is 0.415. The van der Waals surface area contributed by atoms with Gasteiger partial charge in [-0.1, -0.05) is 0 Å². The molecule has 2 heteroatoms. The molecule has 0 unspecified atom stereocenters. The van der Waals surface area contributed by atoms with Crippen LogP contribution in [0.1, 0.15) is 5.56 Å². The molecule has 0 saturated heterocycles. The number of rotatable bonds is 1. The van der Waals surface area contributed by atoms with E-state index in [0.29, 0.717) is 0 Å². The van der Waals surface area contributed by atoms with E-state index < -0.39 is 0 Å². The van der Waals surface area contributed by atoms with Crippen LogP contribution in [-0.2, 0) is 0 Å². The Morgan fingerprint density at radius 2 is 1.91 bits per heavy atom. The van der Waals surface area contributed by atoms with Gasteiger partial charge in [-0.25, -0.2) is 0 Å². The first-order chi connectivity index (χ1) is 5.36. The molecule has 11 heavy (non-hydrogen) atoms. The minimum absolute atomic E-state index is 0.826. The average Bonchev–Trinajstić information content (AvgIpc) is 2.07. The Balaban J connectivity index is 2.88. The molecule has 0 aliphatic heterocycles. The van der Waals surface area contributed by atoms with Crippen molar-refractivity contribution in [3.05, 3.63) is 29.8 Å². The molecule has 56 valence electrons. The van der Waals surface area contributed by atoms with E-state index in [9.17, 15) is 0 Å². The Hall–Kier alpha value is -1.62. The molecule has 0 spiro atoms. The Morgan fingerprint density at radius 1 is 1.27 bits per heavy atom. The molecule has 2 N–H and O–H groups in total. The number of hydrogen-bond acceptors (Lipinski definition) is 2. The summed E-state index contributed by atoms with van der Waals surface area (Å²) in [5, 5.41) is 0. The summed E-state index contributed by atoms with van der Waals surface area (Å²) in [5.74, 6) is 3.56. The van der Waals surface area contributed by atoms with Crippen LogP contribution in [0.2, 0.25) is 0 Å². The van der Waals surface area contributed by atoms with Crippen LogP contribution >= 0.6 is 0 Å². The Bertz CT molecular complexity index is 279. The maximum atomic E-state index is 5.04. The quantitative estimate of drug-likeness (QED) is 0.474. The second-order valence-corrected chi connectivity index (χ2v) is 2.00. The lowest BCUT2D eigenvalue weighted by Crippen LogP contribution is -1.83. The minimum atomic E-state index is 0.826. The maximum Gasteiger partial charge on any atom is 0.118 e. The zero-order valence-corrected chi connectivity index (χ0v) is 6.29. The van der Waals surface area contributed by atoms with Crippen LogP contribution in [0.25, 0.3) is 0 Å². The normalized spacial score (nSPS) is 8.09. The first-order valence-corrected chi connectivity index (χ1v) is 3.22. The Labute approximate surface area is 66.0 Å². The molecule has 0 heterocycles. The van der Waals surface area contributed by atoms with Gasteiger partial charge in [0.25, 0.3) is 0 Å². The summed E-state index contributed by atoms with van der Waals surface area (Å²) in [5.41, 5.74) is 5.94. The second-order valence-electron chi connectivity index (χ2n) is 2.00. The number of benzene rings is 1. The Morgan fingerprint density at radius 3 is 2.36 bits per heavy atom. The highest BCUT2D eigenvalue weighted by Crippen LogP contribution is 2.09. The molecule has 0 fully saturated rings. The van der Waals surface area contributed by atoms with Crippen LogP contribution in [-0.4, -0.2) is 7.11 Å².